The molecule has 0 heterocycles. The average molecular weight is 400 g/mol. The van der Waals surface area contributed by atoms with E-state index in [-0.39, 0.29) is 0 Å². The third-order valence-corrected chi connectivity index (χ3v) is 3.03. The van der Waals surface area contributed by atoms with Crippen LogP contribution in [-0.2, 0) is 0 Å². The Bertz CT molecular complexity index is 557. The van der Waals surface area contributed by atoms with Crippen molar-refractivity contribution < 1.29 is 14.7 Å². The minimum atomic E-state index is -0.656. The van der Waals surface area contributed by atoms with Crippen molar-refractivity contribution in [1.82, 2.24) is 0 Å². The smallest absolute Gasteiger partial charge is 0.210 e. The summed E-state index contributed by atoms with van der Waals surface area (Å²) in [7, 11) is 0. The van der Waals surface area contributed by atoms with E-state index in [4.69, 9.17) is 4.74 Å². The van der Waals surface area contributed by atoms with Crippen molar-refractivity contribution in [3.05, 3.63) is 41.2 Å². The third-order valence-electron chi connectivity index (χ3n) is 2.65. The molecule has 0 bridgehead atoms. The molecule has 5 nitrogen and oxygen atoms in total. The molecule has 0 saturated carbocycles. The van der Waals surface area contributed by atoms with Gasteiger partial charge in [-0.25, -0.2) is 0 Å². The Kier molecular flexibility index (Phi) is 7.79. The molecule has 0 aliphatic carbocycles. The molecule has 2 atom stereocenters. The predicted molar refractivity (Wildman–Crippen MR) is 90.0 cm³/mol. The van der Waals surface area contributed by atoms with Gasteiger partial charge in [0.15, 0.2) is 0 Å². The minimum absolute atomic E-state index is 0.350. The van der Waals surface area contributed by atoms with Gasteiger partial charge in [-0.1, -0.05) is 22.9 Å². The van der Waals surface area contributed by atoms with Crippen LogP contribution in [0.5, 0.6) is 5.75 Å². The van der Waals surface area contributed by atoms with Crippen LogP contribution in [0.15, 0.2) is 35.6 Å². The summed E-state index contributed by atoms with van der Waals surface area (Å²) in [4.78, 5) is 0.456. The molecule has 1 N–H and O–H groups in total. The SMILES string of the molecule is CC(O)C(C)N=[N+]([O-])/C=C/c1ccc(OCC#CI)cc1. The minimum Gasteiger partial charge on any atom is -0.595 e. The fraction of sp³-hybridized carbons (Fsp3) is 0.333. The van der Waals surface area contributed by atoms with Crippen molar-refractivity contribution in [1.29, 1.82) is 0 Å². The molecule has 1 aromatic rings. The maximum Gasteiger partial charge on any atom is 0.210 e. The lowest BCUT2D eigenvalue weighted by atomic mass is 10.2. The van der Waals surface area contributed by atoms with Crippen molar-refractivity contribution in [3.63, 3.8) is 0 Å². The topological polar surface area (TPSA) is 67.9 Å². The van der Waals surface area contributed by atoms with E-state index in [2.05, 4.69) is 15.0 Å². The lowest BCUT2D eigenvalue weighted by molar-refractivity contribution is -0.462. The Labute approximate surface area is 138 Å². The Morgan fingerprint density at radius 3 is 2.67 bits per heavy atom. The van der Waals surface area contributed by atoms with Crippen molar-refractivity contribution >= 4 is 28.7 Å². The van der Waals surface area contributed by atoms with Gasteiger partial charge in [0.1, 0.15) is 18.4 Å². The summed E-state index contributed by atoms with van der Waals surface area (Å²) in [5.41, 5.74) is 0.850. The highest BCUT2D eigenvalue weighted by atomic mass is 127. The normalized spacial score (nSPS) is 14.4. The van der Waals surface area contributed by atoms with E-state index in [1.165, 1.54) is 6.20 Å². The van der Waals surface area contributed by atoms with E-state index in [1.54, 1.807) is 32.1 Å². The highest BCUT2D eigenvalue weighted by molar-refractivity contribution is 14.1. The van der Waals surface area contributed by atoms with Crippen LogP contribution in [0.1, 0.15) is 19.4 Å². The Hall–Kier alpha value is -1.59. The Morgan fingerprint density at radius 2 is 2.10 bits per heavy atom. The van der Waals surface area contributed by atoms with Crippen LogP contribution < -0.4 is 4.74 Å². The largest absolute Gasteiger partial charge is 0.595 e. The molecule has 0 spiro atoms. The fourth-order valence-corrected chi connectivity index (χ4v) is 1.44. The number of rotatable bonds is 6. The number of hydrogen-bond acceptors (Lipinski definition) is 4. The first kappa shape index (κ1) is 17.5. The van der Waals surface area contributed by atoms with Crippen molar-refractivity contribution in [2.45, 2.75) is 26.0 Å². The molecular weight excluding hydrogens is 383 g/mol. The van der Waals surface area contributed by atoms with Crippen LogP contribution in [0.25, 0.3) is 6.08 Å². The average Bonchev–Trinajstić information content (AvgIpc) is 2.46. The van der Waals surface area contributed by atoms with Gasteiger partial charge in [-0.15, -0.1) is 0 Å². The zero-order chi connectivity index (χ0) is 15.7. The summed E-state index contributed by atoms with van der Waals surface area (Å²) in [5, 5.41) is 24.5. The highest BCUT2D eigenvalue weighted by Gasteiger charge is 2.10. The number of benzene rings is 1. The van der Waals surface area contributed by atoms with E-state index in [0.29, 0.717) is 11.5 Å². The number of aliphatic hydroxyl groups is 1. The van der Waals surface area contributed by atoms with Crippen LogP contribution in [0, 0.1) is 15.1 Å². The van der Waals surface area contributed by atoms with E-state index in [1.807, 2.05) is 34.7 Å². The summed E-state index contributed by atoms with van der Waals surface area (Å²) < 4.78 is 8.11. The van der Waals surface area contributed by atoms with Crippen LogP contribution in [0.2, 0.25) is 0 Å². The van der Waals surface area contributed by atoms with Gasteiger partial charge in [-0.05, 0) is 40.6 Å². The molecule has 0 aliphatic heterocycles. The summed E-state index contributed by atoms with van der Waals surface area (Å²) in [6.45, 7) is 3.61. The predicted octanol–water partition coefficient (Wildman–Crippen LogP) is 3.16. The van der Waals surface area contributed by atoms with Gasteiger partial charge in [0.05, 0.1) is 6.10 Å². The molecule has 112 valence electrons. The van der Waals surface area contributed by atoms with E-state index < -0.39 is 12.1 Å². The Morgan fingerprint density at radius 1 is 1.43 bits per heavy atom. The number of aliphatic hydroxyl groups excluding tert-OH is 1. The first-order valence-corrected chi connectivity index (χ1v) is 7.45. The molecule has 0 radical (unpaired) electrons. The summed E-state index contributed by atoms with van der Waals surface area (Å²) in [6.07, 6.45) is 2.28. The summed E-state index contributed by atoms with van der Waals surface area (Å²) >= 11 is 1.96. The number of ether oxygens (including phenoxy) is 1. The number of azo groups is 1. The van der Waals surface area contributed by atoms with Crippen LogP contribution >= 0.6 is 22.6 Å². The molecule has 2 unspecified atom stereocenters. The standard InChI is InChI=1S/C15H17IN2O3/c1-12(13(2)19)17-18(20)10-8-14-4-6-15(7-5-14)21-11-3-9-16/h4-8,10,12-13,19H,11H2,1-2H3/b10-8+,18-17?. The third kappa shape index (κ3) is 7.11. The highest BCUT2D eigenvalue weighted by Crippen LogP contribution is 2.13. The second kappa shape index (κ2) is 9.37. The molecule has 0 fully saturated rings. The first-order valence-electron chi connectivity index (χ1n) is 6.37. The monoisotopic (exact) mass is 400 g/mol. The number of halogens is 1. The summed E-state index contributed by atoms with van der Waals surface area (Å²) in [5.74, 6) is 3.52. The van der Waals surface area contributed by atoms with Gasteiger partial charge in [-0.2, -0.15) is 0 Å². The van der Waals surface area contributed by atoms with E-state index in [9.17, 15) is 10.3 Å². The van der Waals surface area contributed by atoms with Crippen LogP contribution in [-0.4, -0.2) is 28.7 Å². The summed E-state index contributed by atoms with van der Waals surface area (Å²) in [6, 6.07) is 6.82. The van der Waals surface area contributed by atoms with E-state index >= 15 is 0 Å². The first-order chi connectivity index (χ1) is 10.0. The molecule has 0 amide bonds. The fourth-order valence-electron chi connectivity index (χ4n) is 1.29. The van der Waals surface area contributed by atoms with Crippen molar-refractivity contribution in [2.75, 3.05) is 6.61 Å². The zero-order valence-corrected chi connectivity index (χ0v) is 14.0. The molecule has 6 heteroatoms. The second-order valence-electron chi connectivity index (χ2n) is 4.34. The van der Waals surface area contributed by atoms with Crippen LogP contribution in [0.4, 0.5) is 0 Å². The number of nitrogens with zero attached hydrogens (tertiary/aromatic N) is 2. The Balaban J connectivity index is 2.62. The molecule has 0 aliphatic rings. The van der Waals surface area contributed by atoms with Gasteiger partial charge < -0.3 is 15.1 Å². The molecule has 0 saturated heterocycles. The van der Waals surface area contributed by atoms with Gasteiger partial charge in [0.2, 0.25) is 6.20 Å². The maximum atomic E-state index is 11.5. The quantitative estimate of drug-likeness (QED) is 0.262. The lowest BCUT2D eigenvalue weighted by Crippen LogP contribution is -2.18. The molecule has 1 rings (SSSR count). The van der Waals surface area contributed by atoms with Gasteiger partial charge in [0.25, 0.3) is 0 Å². The molecule has 0 aromatic heterocycles. The van der Waals surface area contributed by atoms with Gasteiger partial charge in [0, 0.05) is 28.7 Å². The second-order valence-corrected chi connectivity index (χ2v) is 4.88. The zero-order valence-electron chi connectivity index (χ0n) is 11.9. The van der Waals surface area contributed by atoms with Gasteiger partial charge >= 0.3 is 0 Å². The van der Waals surface area contributed by atoms with E-state index in [0.717, 1.165) is 11.3 Å². The van der Waals surface area contributed by atoms with Crippen molar-refractivity contribution in [3.8, 4) is 15.6 Å². The maximum absolute atomic E-state index is 11.5. The van der Waals surface area contributed by atoms with Crippen LogP contribution in [0.3, 0.4) is 0 Å². The van der Waals surface area contributed by atoms with Gasteiger partial charge in [-0.3, -0.25) is 0 Å². The van der Waals surface area contributed by atoms with Crippen molar-refractivity contribution in [2.24, 2.45) is 5.11 Å². The molecule has 21 heavy (non-hydrogen) atoms. The lowest BCUT2D eigenvalue weighted by Gasteiger charge is -2.05. The number of hydroxylamine groups is 1. The number of hydrogen-bond donors (Lipinski definition) is 1. The molecular formula is C15H17IN2O3. The molecule has 1 aromatic carbocycles.